The standard InChI is InChI=1S/C23H25ClN8O2/c1-2-31-8-6-16(7-9-31)27-20-12-19(26-17-5-3-4-15(24)11-17)29-21-14(13-25-32(20)21)10-18-22(33)30-23(34)28-18/h3-5,10-13,16,27H,2,6-9H2,1H3,(H,26,29)(H2,28,30,33,34)/b18-10-. The summed E-state index contributed by atoms with van der Waals surface area (Å²) >= 11 is 6.15. The molecule has 1 aromatic carbocycles. The average molecular weight is 481 g/mol. The van der Waals surface area contributed by atoms with E-state index in [-0.39, 0.29) is 5.70 Å². The Morgan fingerprint density at radius 2 is 2.03 bits per heavy atom. The van der Waals surface area contributed by atoms with Gasteiger partial charge in [-0.15, -0.1) is 0 Å². The van der Waals surface area contributed by atoms with Crippen molar-refractivity contribution in [3.05, 3.63) is 52.8 Å². The first kappa shape index (κ1) is 22.2. The van der Waals surface area contributed by atoms with Crippen molar-refractivity contribution in [1.29, 1.82) is 0 Å². The van der Waals surface area contributed by atoms with Crippen LogP contribution in [-0.2, 0) is 4.79 Å². The second-order valence-corrected chi connectivity index (χ2v) is 8.75. The van der Waals surface area contributed by atoms with E-state index < -0.39 is 11.9 Å². The minimum absolute atomic E-state index is 0.149. The lowest BCUT2D eigenvalue weighted by atomic mass is 10.1. The second kappa shape index (κ2) is 9.32. The van der Waals surface area contributed by atoms with Gasteiger partial charge in [0, 0.05) is 41.5 Å². The molecule has 0 unspecified atom stereocenters. The van der Waals surface area contributed by atoms with Crippen molar-refractivity contribution in [3.63, 3.8) is 0 Å². The molecule has 11 heteroatoms. The topological polar surface area (TPSA) is 116 Å². The van der Waals surface area contributed by atoms with Crippen molar-refractivity contribution in [2.45, 2.75) is 25.8 Å². The molecule has 2 aliphatic heterocycles. The number of urea groups is 1. The first-order valence-electron chi connectivity index (χ1n) is 11.2. The van der Waals surface area contributed by atoms with Crippen LogP contribution < -0.4 is 21.3 Å². The number of piperidine rings is 1. The fraction of sp³-hybridized carbons (Fsp3) is 0.304. The molecule has 0 radical (unpaired) electrons. The number of benzene rings is 1. The molecule has 0 saturated carbocycles. The lowest BCUT2D eigenvalue weighted by Crippen LogP contribution is -2.39. The number of hydrogen-bond donors (Lipinski definition) is 4. The third kappa shape index (κ3) is 4.68. The highest BCUT2D eigenvalue weighted by atomic mass is 35.5. The zero-order valence-electron chi connectivity index (χ0n) is 18.6. The highest BCUT2D eigenvalue weighted by Gasteiger charge is 2.24. The summed E-state index contributed by atoms with van der Waals surface area (Å²) in [6.07, 6.45) is 5.25. The lowest BCUT2D eigenvalue weighted by Gasteiger charge is -2.32. The molecule has 0 aliphatic carbocycles. The number of halogens is 1. The van der Waals surface area contributed by atoms with Gasteiger partial charge in [0.05, 0.1) is 6.20 Å². The van der Waals surface area contributed by atoms with Crippen LogP contribution in [0.1, 0.15) is 25.3 Å². The van der Waals surface area contributed by atoms with Crippen LogP contribution in [0.5, 0.6) is 0 Å². The van der Waals surface area contributed by atoms with E-state index >= 15 is 0 Å². The van der Waals surface area contributed by atoms with Gasteiger partial charge in [0.15, 0.2) is 5.65 Å². The third-order valence-electron chi connectivity index (χ3n) is 6.00. The van der Waals surface area contributed by atoms with Crippen molar-refractivity contribution in [2.75, 3.05) is 30.3 Å². The number of likely N-dealkylation sites (tertiary alicyclic amines) is 1. The molecule has 4 N–H and O–H groups in total. The van der Waals surface area contributed by atoms with E-state index in [1.165, 1.54) is 0 Å². The summed E-state index contributed by atoms with van der Waals surface area (Å²) in [5.74, 6) is 0.899. The molecule has 34 heavy (non-hydrogen) atoms. The Bertz CT molecular complexity index is 1280. The monoisotopic (exact) mass is 480 g/mol. The predicted molar refractivity (Wildman–Crippen MR) is 131 cm³/mol. The predicted octanol–water partition coefficient (Wildman–Crippen LogP) is 3.20. The zero-order chi connectivity index (χ0) is 23.7. The normalized spacial score (nSPS) is 18.4. The number of carbonyl (C=O) groups excluding carboxylic acids is 2. The van der Waals surface area contributed by atoms with Crippen molar-refractivity contribution in [1.82, 2.24) is 30.1 Å². The van der Waals surface area contributed by atoms with E-state index in [2.05, 4.69) is 38.2 Å². The van der Waals surface area contributed by atoms with E-state index in [0.29, 0.717) is 28.1 Å². The Morgan fingerprint density at radius 1 is 1.21 bits per heavy atom. The van der Waals surface area contributed by atoms with Crippen LogP contribution in [0.25, 0.3) is 11.7 Å². The number of amides is 3. The van der Waals surface area contributed by atoms with Crippen molar-refractivity contribution in [2.24, 2.45) is 0 Å². The van der Waals surface area contributed by atoms with Crippen LogP contribution in [-0.4, -0.2) is 57.1 Å². The number of rotatable bonds is 6. The van der Waals surface area contributed by atoms with Crippen LogP contribution in [0, 0.1) is 0 Å². The number of nitrogens with one attached hydrogen (secondary N) is 4. The Morgan fingerprint density at radius 3 is 2.74 bits per heavy atom. The summed E-state index contributed by atoms with van der Waals surface area (Å²) in [5, 5.41) is 16.8. The minimum Gasteiger partial charge on any atom is -0.367 e. The zero-order valence-corrected chi connectivity index (χ0v) is 19.4. The summed E-state index contributed by atoms with van der Waals surface area (Å²) in [4.78, 5) is 30.7. The number of aromatic nitrogens is 3. The lowest BCUT2D eigenvalue weighted by molar-refractivity contribution is -0.115. The van der Waals surface area contributed by atoms with E-state index in [1.54, 1.807) is 22.9 Å². The number of imide groups is 1. The molecule has 3 aromatic rings. The summed E-state index contributed by atoms with van der Waals surface area (Å²) in [6, 6.07) is 9.06. The summed E-state index contributed by atoms with van der Waals surface area (Å²) in [6.45, 7) is 5.32. The average Bonchev–Trinajstić information content (AvgIpc) is 3.36. The fourth-order valence-electron chi connectivity index (χ4n) is 4.20. The van der Waals surface area contributed by atoms with E-state index in [9.17, 15) is 9.59 Å². The van der Waals surface area contributed by atoms with Crippen LogP contribution in [0.4, 0.5) is 22.1 Å². The van der Waals surface area contributed by atoms with Gasteiger partial charge in [-0.1, -0.05) is 24.6 Å². The number of nitrogens with zero attached hydrogens (tertiary/aromatic N) is 4. The highest BCUT2D eigenvalue weighted by molar-refractivity contribution is 6.30. The molecule has 0 bridgehead atoms. The van der Waals surface area contributed by atoms with Gasteiger partial charge in [-0.2, -0.15) is 9.61 Å². The summed E-state index contributed by atoms with van der Waals surface area (Å²) < 4.78 is 1.72. The SMILES string of the molecule is CCN1CCC(Nc2cc(Nc3cccc(Cl)c3)nc3c(/C=C4\NC(=O)NC4=O)cnn23)CC1. The Hall–Kier alpha value is -3.63. The minimum atomic E-state index is -0.551. The molecule has 2 aliphatic rings. The maximum Gasteiger partial charge on any atom is 0.326 e. The smallest absolute Gasteiger partial charge is 0.326 e. The Labute approximate surface area is 201 Å². The molecule has 2 saturated heterocycles. The molecule has 2 fully saturated rings. The maximum absolute atomic E-state index is 12.0. The third-order valence-corrected chi connectivity index (χ3v) is 6.24. The molecule has 176 valence electrons. The largest absolute Gasteiger partial charge is 0.367 e. The van der Waals surface area contributed by atoms with Crippen molar-refractivity contribution < 1.29 is 9.59 Å². The van der Waals surface area contributed by atoms with Gasteiger partial charge < -0.3 is 20.9 Å². The fourth-order valence-corrected chi connectivity index (χ4v) is 4.39. The van der Waals surface area contributed by atoms with Crippen LogP contribution >= 0.6 is 11.6 Å². The van der Waals surface area contributed by atoms with Crippen molar-refractivity contribution >= 4 is 52.6 Å². The second-order valence-electron chi connectivity index (χ2n) is 8.32. The van der Waals surface area contributed by atoms with E-state index in [1.807, 2.05) is 24.3 Å². The van der Waals surface area contributed by atoms with E-state index in [4.69, 9.17) is 16.6 Å². The van der Waals surface area contributed by atoms with Gasteiger partial charge in [-0.05, 0) is 43.7 Å². The summed E-state index contributed by atoms with van der Waals surface area (Å²) in [5.41, 5.74) is 2.10. The number of fused-ring (bicyclic) bond motifs is 1. The molecule has 0 spiro atoms. The van der Waals surface area contributed by atoms with Crippen LogP contribution in [0.3, 0.4) is 0 Å². The molecule has 3 amide bonds. The van der Waals surface area contributed by atoms with Crippen LogP contribution in [0.2, 0.25) is 5.02 Å². The number of anilines is 3. The maximum atomic E-state index is 12.0. The molecular formula is C23H25ClN8O2. The Balaban J connectivity index is 1.51. The molecule has 2 aromatic heterocycles. The van der Waals surface area contributed by atoms with E-state index in [0.717, 1.165) is 44.0 Å². The molecule has 10 nitrogen and oxygen atoms in total. The van der Waals surface area contributed by atoms with Gasteiger partial charge >= 0.3 is 6.03 Å². The van der Waals surface area contributed by atoms with Crippen molar-refractivity contribution in [3.8, 4) is 0 Å². The van der Waals surface area contributed by atoms with Gasteiger partial charge in [-0.25, -0.2) is 9.78 Å². The van der Waals surface area contributed by atoms with Crippen LogP contribution in [0.15, 0.2) is 42.2 Å². The molecular weight excluding hydrogens is 456 g/mol. The molecule has 4 heterocycles. The van der Waals surface area contributed by atoms with Gasteiger partial charge in [0.2, 0.25) is 0 Å². The number of carbonyl (C=O) groups is 2. The first-order chi connectivity index (χ1) is 16.5. The van der Waals surface area contributed by atoms with Gasteiger partial charge in [-0.3, -0.25) is 10.1 Å². The quantitative estimate of drug-likeness (QED) is 0.316. The number of hydrogen-bond acceptors (Lipinski definition) is 7. The molecule has 0 atom stereocenters. The van der Waals surface area contributed by atoms with Gasteiger partial charge in [0.1, 0.15) is 17.3 Å². The summed E-state index contributed by atoms with van der Waals surface area (Å²) in [7, 11) is 0. The van der Waals surface area contributed by atoms with Gasteiger partial charge in [0.25, 0.3) is 5.91 Å². The Kier molecular flexibility index (Phi) is 6.08. The first-order valence-corrected chi connectivity index (χ1v) is 11.6. The highest BCUT2D eigenvalue weighted by Crippen LogP contribution is 2.26. The molecule has 5 rings (SSSR count).